The maximum atomic E-state index is 12.3. The van der Waals surface area contributed by atoms with Gasteiger partial charge in [0.1, 0.15) is 11.6 Å². The van der Waals surface area contributed by atoms with Crippen LogP contribution in [0.3, 0.4) is 0 Å². The lowest BCUT2D eigenvalue weighted by Gasteiger charge is -2.14. The van der Waals surface area contributed by atoms with Crippen LogP contribution in [0.1, 0.15) is 64.0 Å². The summed E-state index contributed by atoms with van der Waals surface area (Å²) in [4.78, 5) is 21.9. The average Bonchev–Trinajstić information content (AvgIpc) is 3.54. The Bertz CT molecular complexity index is 1550. The predicted molar refractivity (Wildman–Crippen MR) is 175 cm³/mol. The fourth-order valence-corrected chi connectivity index (χ4v) is 4.79. The van der Waals surface area contributed by atoms with Crippen molar-refractivity contribution in [2.75, 3.05) is 11.9 Å². The molecule has 3 aromatic carbocycles. The summed E-state index contributed by atoms with van der Waals surface area (Å²) in [7, 11) is 0. The molecule has 0 unspecified atom stereocenters. The fraction of sp³-hybridized carbons (Fsp3) is 0.306. The molecule has 0 radical (unpaired) electrons. The zero-order valence-electron chi connectivity index (χ0n) is 25.2. The number of hydrogen-bond acceptors (Lipinski definition) is 5. The molecule has 0 spiro atoms. The molecular formula is C36H42N4O2. The Balaban J connectivity index is 0.000000612. The first kappa shape index (κ1) is 30.5. The molecule has 2 N–H and O–H groups in total. The molecule has 1 aliphatic carbocycles. The van der Waals surface area contributed by atoms with Crippen LogP contribution in [0.15, 0.2) is 85.0 Å². The molecule has 0 atom stereocenters. The molecule has 1 heterocycles. The van der Waals surface area contributed by atoms with Crippen LogP contribution in [0.2, 0.25) is 0 Å². The maximum Gasteiger partial charge on any atom is 0.258 e. The van der Waals surface area contributed by atoms with Gasteiger partial charge in [-0.05, 0) is 87.6 Å². The number of anilines is 2. The number of hydrogen-bond donors (Lipinski definition) is 2. The van der Waals surface area contributed by atoms with Crippen LogP contribution in [0.25, 0.3) is 28.4 Å². The Morgan fingerprint density at radius 3 is 2.55 bits per heavy atom. The van der Waals surface area contributed by atoms with Crippen molar-refractivity contribution in [3.05, 3.63) is 96.1 Å². The molecular weight excluding hydrogens is 520 g/mol. The highest BCUT2D eigenvalue weighted by atomic mass is 16.5. The minimum Gasteiger partial charge on any atom is -0.484 e. The number of fused-ring (bicyclic) bond motifs is 1. The van der Waals surface area contributed by atoms with Gasteiger partial charge >= 0.3 is 0 Å². The molecule has 4 aromatic rings. The topological polar surface area (TPSA) is 76.1 Å². The Kier molecular flexibility index (Phi) is 10.9. The van der Waals surface area contributed by atoms with E-state index in [4.69, 9.17) is 14.7 Å². The molecule has 1 aromatic heterocycles. The summed E-state index contributed by atoms with van der Waals surface area (Å²) in [6, 6.07) is 21.9. The highest BCUT2D eigenvalue weighted by Gasteiger charge is 2.17. The number of ether oxygens (including phenoxy) is 1. The molecule has 1 amide bonds. The smallest absolute Gasteiger partial charge is 0.258 e. The summed E-state index contributed by atoms with van der Waals surface area (Å²) in [5.74, 6) is 1.82. The summed E-state index contributed by atoms with van der Waals surface area (Å²) >= 11 is 0. The van der Waals surface area contributed by atoms with Gasteiger partial charge in [0.25, 0.3) is 5.91 Å². The number of carbonyl (C=O) groups excluding carboxylic acids is 1. The van der Waals surface area contributed by atoms with Gasteiger partial charge in [0.05, 0.1) is 5.52 Å². The van der Waals surface area contributed by atoms with Crippen LogP contribution in [0.4, 0.5) is 11.5 Å². The zero-order chi connectivity index (χ0) is 29.9. The molecule has 1 fully saturated rings. The minimum absolute atomic E-state index is 0.00953. The number of para-hydroxylation sites is 1. The number of rotatable bonds is 9. The van der Waals surface area contributed by atoms with Crippen molar-refractivity contribution in [3.8, 4) is 17.1 Å². The van der Waals surface area contributed by atoms with E-state index in [0.717, 1.165) is 51.9 Å². The first-order valence-corrected chi connectivity index (χ1v) is 14.8. The van der Waals surface area contributed by atoms with Crippen LogP contribution in [-0.4, -0.2) is 28.5 Å². The zero-order valence-corrected chi connectivity index (χ0v) is 25.2. The van der Waals surface area contributed by atoms with Crippen molar-refractivity contribution < 1.29 is 9.53 Å². The number of aromatic nitrogens is 2. The second-order valence-electron chi connectivity index (χ2n) is 10.7. The summed E-state index contributed by atoms with van der Waals surface area (Å²) < 4.78 is 5.80. The summed E-state index contributed by atoms with van der Waals surface area (Å²) in [5.41, 5.74) is 6.28. The Labute approximate surface area is 250 Å². The number of nitrogens with zero attached hydrogens (tertiary/aromatic N) is 2. The van der Waals surface area contributed by atoms with Crippen molar-refractivity contribution in [2.24, 2.45) is 0 Å². The summed E-state index contributed by atoms with van der Waals surface area (Å²) in [5, 5.41) is 7.45. The van der Waals surface area contributed by atoms with Crippen molar-refractivity contribution in [1.29, 1.82) is 0 Å². The Morgan fingerprint density at radius 2 is 1.83 bits per heavy atom. The third kappa shape index (κ3) is 8.29. The first-order valence-electron chi connectivity index (χ1n) is 14.8. The van der Waals surface area contributed by atoms with Gasteiger partial charge in [0.2, 0.25) is 0 Å². The van der Waals surface area contributed by atoms with Gasteiger partial charge in [-0.15, -0.1) is 0 Å². The number of carbonyl (C=O) groups is 1. The van der Waals surface area contributed by atoms with Crippen LogP contribution in [0, 0.1) is 6.92 Å². The van der Waals surface area contributed by atoms with E-state index >= 15 is 0 Å². The molecule has 42 heavy (non-hydrogen) atoms. The highest BCUT2D eigenvalue weighted by molar-refractivity contribution is 5.92. The maximum absolute atomic E-state index is 12.3. The van der Waals surface area contributed by atoms with E-state index in [0.29, 0.717) is 11.6 Å². The summed E-state index contributed by atoms with van der Waals surface area (Å²) in [6.07, 6.45) is 9.63. The van der Waals surface area contributed by atoms with Crippen LogP contribution in [0.5, 0.6) is 5.75 Å². The number of nitrogens with one attached hydrogen (secondary N) is 2. The van der Waals surface area contributed by atoms with Crippen molar-refractivity contribution >= 4 is 34.4 Å². The van der Waals surface area contributed by atoms with E-state index in [1.54, 1.807) is 0 Å². The number of amides is 1. The predicted octanol–water partition coefficient (Wildman–Crippen LogP) is 8.79. The monoisotopic (exact) mass is 562 g/mol. The van der Waals surface area contributed by atoms with Gasteiger partial charge in [-0.2, -0.15) is 0 Å². The van der Waals surface area contributed by atoms with E-state index in [-0.39, 0.29) is 18.6 Å². The molecule has 0 saturated heterocycles. The lowest BCUT2D eigenvalue weighted by Crippen LogP contribution is -2.36. The molecule has 6 heteroatoms. The molecule has 1 aliphatic rings. The lowest BCUT2D eigenvalue weighted by molar-refractivity contribution is -0.123. The van der Waals surface area contributed by atoms with Gasteiger partial charge in [-0.25, -0.2) is 9.97 Å². The Hall–Kier alpha value is -4.45. The van der Waals surface area contributed by atoms with Gasteiger partial charge in [0.15, 0.2) is 12.4 Å². The van der Waals surface area contributed by atoms with Gasteiger partial charge < -0.3 is 15.4 Å². The normalized spacial score (nSPS) is 13.3. The van der Waals surface area contributed by atoms with Gasteiger partial charge in [0, 0.05) is 22.7 Å². The van der Waals surface area contributed by atoms with Crippen molar-refractivity contribution in [3.63, 3.8) is 0 Å². The minimum atomic E-state index is -0.0854. The van der Waals surface area contributed by atoms with Crippen molar-refractivity contribution in [1.82, 2.24) is 15.3 Å². The molecule has 0 bridgehead atoms. The summed E-state index contributed by atoms with van der Waals surface area (Å²) in [6.45, 7) is 12.3. The number of aryl methyl sites for hydroxylation is 1. The van der Waals surface area contributed by atoms with E-state index in [9.17, 15) is 4.79 Å². The standard InChI is InChI=1S/C30H30N4O2.C6H12/c1-3-21-17-24(16-15-20(21)2)32-30-26-13-6-7-14-27(26)33-29(34-30)22-9-8-12-25(18-22)36-19-28(35)31-23-10-4-5-11-23;1-4-6(3)5-2/h3,6-9,12-18,23H,1,4-5,10-11,19H2,2H3,(H,31,35)(H,32,33,34);4H,5H2,1-3H3/b;6-4-. The van der Waals surface area contributed by atoms with Crippen molar-refractivity contribution in [2.45, 2.75) is 65.8 Å². The lowest BCUT2D eigenvalue weighted by atomic mass is 10.1. The number of allylic oxidation sites excluding steroid dienone is 2. The van der Waals surface area contributed by atoms with Crippen LogP contribution in [-0.2, 0) is 4.79 Å². The third-order valence-corrected chi connectivity index (χ3v) is 7.60. The molecule has 0 aliphatic heterocycles. The molecule has 5 rings (SSSR count). The largest absolute Gasteiger partial charge is 0.484 e. The fourth-order valence-electron chi connectivity index (χ4n) is 4.79. The van der Waals surface area contributed by atoms with E-state index in [1.807, 2.05) is 60.7 Å². The van der Waals surface area contributed by atoms with Gasteiger partial charge in [-0.3, -0.25) is 4.79 Å². The molecule has 1 saturated carbocycles. The quantitative estimate of drug-likeness (QED) is 0.199. The van der Waals surface area contributed by atoms with E-state index < -0.39 is 0 Å². The third-order valence-electron chi connectivity index (χ3n) is 7.60. The molecule has 6 nitrogen and oxygen atoms in total. The first-order chi connectivity index (χ1) is 20.4. The Morgan fingerprint density at radius 1 is 1.05 bits per heavy atom. The van der Waals surface area contributed by atoms with Crippen LogP contribution >= 0.6 is 0 Å². The molecule has 218 valence electrons. The SMILES string of the molecule is C/C=C(/C)CC.C=Cc1cc(Nc2nc(-c3cccc(OCC(=O)NC4CCCC4)c3)nc3ccccc23)ccc1C. The van der Waals surface area contributed by atoms with E-state index in [2.05, 4.69) is 63.1 Å². The van der Waals surface area contributed by atoms with E-state index in [1.165, 1.54) is 24.8 Å². The second-order valence-corrected chi connectivity index (χ2v) is 10.7. The number of benzene rings is 3. The average molecular weight is 563 g/mol. The second kappa shape index (κ2) is 15.0. The van der Waals surface area contributed by atoms with Crippen LogP contribution < -0.4 is 15.4 Å². The van der Waals surface area contributed by atoms with Gasteiger partial charge in [-0.1, -0.05) is 74.4 Å². The highest BCUT2D eigenvalue weighted by Crippen LogP contribution is 2.29.